The van der Waals surface area contributed by atoms with E-state index >= 15 is 0 Å². The number of aromatic nitrogens is 2. The number of benzene rings is 1. The van der Waals surface area contributed by atoms with Crippen LogP contribution in [0.2, 0.25) is 5.02 Å². The van der Waals surface area contributed by atoms with Crippen molar-refractivity contribution in [3.63, 3.8) is 0 Å². The van der Waals surface area contributed by atoms with Gasteiger partial charge in [0.15, 0.2) is 0 Å². The second-order valence-corrected chi connectivity index (χ2v) is 9.38. The van der Waals surface area contributed by atoms with Crippen molar-refractivity contribution < 1.29 is 18.1 Å². The van der Waals surface area contributed by atoms with E-state index in [1.54, 1.807) is 20.9 Å². The molecule has 0 unspecified atom stereocenters. The lowest BCUT2D eigenvalue weighted by Gasteiger charge is -2.22. The Bertz CT molecular complexity index is 1110. The van der Waals surface area contributed by atoms with Crippen LogP contribution in [0, 0.1) is 24.0 Å². The Kier molecular flexibility index (Phi) is 6.16. The maximum Gasteiger partial charge on any atom is 0.270 e. The van der Waals surface area contributed by atoms with Gasteiger partial charge in [-0.1, -0.05) is 11.6 Å². The second-order valence-electron chi connectivity index (χ2n) is 7.09. The van der Waals surface area contributed by atoms with Gasteiger partial charge in [-0.3, -0.25) is 19.6 Å². The molecule has 1 aromatic carbocycles. The standard InChI is InChI=1S/C18H22ClN5O5S/c1-12-17(13(2)21(3)20-12)30(28,29)23-8-4-7-22(9-10-23)18(25)15-11-14(24(26)27)5-6-16(15)19/h5-6,11H,4,7-10H2,1-3H3. The van der Waals surface area contributed by atoms with Gasteiger partial charge in [0.1, 0.15) is 4.90 Å². The number of sulfonamides is 1. The molecule has 1 fully saturated rings. The Morgan fingerprint density at radius 3 is 2.50 bits per heavy atom. The van der Waals surface area contributed by atoms with Crippen LogP contribution in [0.15, 0.2) is 23.1 Å². The van der Waals surface area contributed by atoms with Crippen molar-refractivity contribution in [1.29, 1.82) is 0 Å². The van der Waals surface area contributed by atoms with Gasteiger partial charge in [-0.2, -0.15) is 9.40 Å². The molecule has 2 heterocycles. The summed E-state index contributed by atoms with van der Waals surface area (Å²) in [6.07, 6.45) is 0.426. The molecule has 1 aliphatic rings. The van der Waals surface area contributed by atoms with E-state index in [4.69, 9.17) is 11.6 Å². The molecule has 0 bridgehead atoms. The van der Waals surface area contributed by atoms with Crippen molar-refractivity contribution in [3.05, 3.63) is 50.3 Å². The summed E-state index contributed by atoms with van der Waals surface area (Å²) in [5.74, 6) is -0.461. The van der Waals surface area contributed by atoms with Crippen molar-refractivity contribution in [2.45, 2.75) is 25.2 Å². The molecule has 1 saturated heterocycles. The molecule has 0 N–H and O–H groups in total. The quantitative estimate of drug-likeness (QED) is 0.514. The average molecular weight is 456 g/mol. The predicted octanol–water partition coefficient (Wildman–Crippen LogP) is 2.14. The van der Waals surface area contributed by atoms with E-state index in [9.17, 15) is 23.3 Å². The van der Waals surface area contributed by atoms with Crippen molar-refractivity contribution in [2.75, 3.05) is 26.2 Å². The smallest absolute Gasteiger partial charge is 0.270 e. The first kappa shape index (κ1) is 22.2. The Morgan fingerprint density at radius 2 is 1.90 bits per heavy atom. The molecule has 0 saturated carbocycles. The third kappa shape index (κ3) is 4.05. The molecule has 0 atom stereocenters. The molecule has 0 aliphatic carbocycles. The Morgan fingerprint density at radius 1 is 1.20 bits per heavy atom. The number of nitro groups is 1. The van der Waals surface area contributed by atoms with E-state index in [1.165, 1.54) is 26.0 Å². The summed E-state index contributed by atoms with van der Waals surface area (Å²) in [6.45, 7) is 4.17. The molecule has 3 rings (SSSR count). The predicted molar refractivity (Wildman–Crippen MR) is 110 cm³/mol. The Balaban J connectivity index is 1.82. The number of hydrogen-bond acceptors (Lipinski definition) is 6. The van der Waals surface area contributed by atoms with Crippen LogP contribution in [-0.4, -0.2) is 64.4 Å². The highest BCUT2D eigenvalue weighted by atomic mass is 35.5. The summed E-state index contributed by atoms with van der Waals surface area (Å²) in [4.78, 5) is 25.0. The number of rotatable bonds is 4. The van der Waals surface area contributed by atoms with E-state index in [0.29, 0.717) is 24.4 Å². The number of carbonyl (C=O) groups excluding carboxylic acids is 1. The molecule has 1 aromatic heterocycles. The molecule has 0 spiro atoms. The number of nitrogens with zero attached hydrogens (tertiary/aromatic N) is 5. The zero-order chi connectivity index (χ0) is 22.2. The lowest BCUT2D eigenvalue weighted by molar-refractivity contribution is -0.384. The van der Waals surface area contributed by atoms with Crippen LogP contribution < -0.4 is 0 Å². The average Bonchev–Trinajstić information content (AvgIpc) is 2.86. The molecule has 10 nitrogen and oxygen atoms in total. The first-order valence-corrected chi connectivity index (χ1v) is 11.1. The number of hydrogen-bond donors (Lipinski definition) is 0. The number of nitro benzene ring substituents is 1. The number of halogens is 1. The molecular weight excluding hydrogens is 434 g/mol. The highest BCUT2D eigenvalue weighted by Gasteiger charge is 2.33. The summed E-state index contributed by atoms with van der Waals surface area (Å²) >= 11 is 6.09. The van der Waals surface area contributed by atoms with Gasteiger partial charge in [0.05, 0.1) is 26.9 Å². The van der Waals surface area contributed by atoms with E-state index in [2.05, 4.69) is 5.10 Å². The number of non-ortho nitro benzene ring substituents is 1. The molecule has 0 radical (unpaired) electrons. The van der Waals surface area contributed by atoms with E-state index in [-0.39, 0.29) is 40.8 Å². The highest BCUT2D eigenvalue weighted by Crippen LogP contribution is 2.26. The topological polar surface area (TPSA) is 119 Å². The minimum Gasteiger partial charge on any atom is -0.337 e. The monoisotopic (exact) mass is 455 g/mol. The van der Waals surface area contributed by atoms with Crippen molar-refractivity contribution in [1.82, 2.24) is 19.0 Å². The van der Waals surface area contributed by atoms with Crippen LogP contribution in [0.4, 0.5) is 5.69 Å². The fraction of sp³-hybridized carbons (Fsp3) is 0.444. The Hall–Kier alpha value is -2.50. The highest BCUT2D eigenvalue weighted by molar-refractivity contribution is 7.89. The van der Waals surface area contributed by atoms with Crippen LogP contribution in [0.3, 0.4) is 0 Å². The van der Waals surface area contributed by atoms with E-state index in [0.717, 1.165) is 6.07 Å². The maximum atomic E-state index is 13.2. The summed E-state index contributed by atoms with van der Waals surface area (Å²) < 4.78 is 29.3. The maximum absolute atomic E-state index is 13.2. The van der Waals surface area contributed by atoms with Crippen LogP contribution in [0.1, 0.15) is 28.2 Å². The molecule has 30 heavy (non-hydrogen) atoms. The van der Waals surface area contributed by atoms with Gasteiger partial charge in [-0.25, -0.2) is 8.42 Å². The van der Waals surface area contributed by atoms with Crippen LogP contribution >= 0.6 is 11.6 Å². The first-order valence-electron chi connectivity index (χ1n) is 9.27. The van der Waals surface area contributed by atoms with E-state index in [1.807, 2.05) is 0 Å². The summed E-state index contributed by atoms with van der Waals surface area (Å²) in [7, 11) is -2.08. The first-order chi connectivity index (χ1) is 14.0. The van der Waals surface area contributed by atoms with Gasteiger partial charge in [0, 0.05) is 45.4 Å². The molecule has 12 heteroatoms. The third-order valence-electron chi connectivity index (χ3n) is 5.17. The second kappa shape index (κ2) is 8.32. The Labute approximate surface area is 179 Å². The summed E-state index contributed by atoms with van der Waals surface area (Å²) in [5, 5.41) is 15.3. The van der Waals surface area contributed by atoms with Crippen molar-refractivity contribution >= 4 is 33.2 Å². The number of amides is 1. The zero-order valence-electron chi connectivity index (χ0n) is 16.8. The number of aryl methyl sites for hydroxylation is 2. The fourth-order valence-corrected chi connectivity index (χ4v) is 5.62. The minimum absolute atomic E-state index is 0.0288. The van der Waals surface area contributed by atoms with Gasteiger partial charge in [-0.05, 0) is 26.3 Å². The SMILES string of the molecule is Cc1nn(C)c(C)c1S(=O)(=O)N1CCCN(C(=O)c2cc([N+](=O)[O-])ccc2Cl)CC1. The van der Waals surface area contributed by atoms with Gasteiger partial charge >= 0.3 is 0 Å². The molecule has 162 valence electrons. The van der Waals surface area contributed by atoms with Gasteiger partial charge in [-0.15, -0.1) is 0 Å². The van der Waals surface area contributed by atoms with Gasteiger partial charge in [0.2, 0.25) is 10.0 Å². The van der Waals surface area contributed by atoms with Crippen LogP contribution in [0.25, 0.3) is 0 Å². The molecule has 1 aliphatic heterocycles. The largest absolute Gasteiger partial charge is 0.337 e. The normalized spacial score (nSPS) is 15.8. The molecular formula is C18H22ClN5O5S. The minimum atomic E-state index is -3.77. The summed E-state index contributed by atoms with van der Waals surface area (Å²) in [5.41, 5.74) is 0.772. The number of carbonyl (C=O) groups is 1. The lowest BCUT2D eigenvalue weighted by Crippen LogP contribution is -2.37. The zero-order valence-corrected chi connectivity index (χ0v) is 18.4. The van der Waals surface area contributed by atoms with Crippen molar-refractivity contribution in [3.8, 4) is 0 Å². The van der Waals surface area contributed by atoms with E-state index < -0.39 is 20.9 Å². The van der Waals surface area contributed by atoms with Crippen molar-refractivity contribution in [2.24, 2.45) is 7.05 Å². The third-order valence-corrected chi connectivity index (χ3v) is 7.66. The lowest BCUT2D eigenvalue weighted by atomic mass is 10.1. The molecule has 2 aromatic rings. The van der Waals surface area contributed by atoms with Crippen LogP contribution in [0.5, 0.6) is 0 Å². The summed E-state index contributed by atoms with van der Waals surface area (Å²) in [6, 6.07) is 3.69. The van der Waals surface area contributed by atoms with Gasteiger partial charge < -0.3 is 4.90 Å². The van der Waals surface area contributed by atoms with Gasteiger partial charge in [0.25, 0.3) is 11.6 Å². The fourth-order valence-electron chi connectivity index (χ4n) is 3.55. The molecule has 1 amide bonds. The van der Waals surface area contributed by atoms with Crippen LogP contribution in [-0.2, 0) is 17.1 Å².